The first-order chi connectivity index (χ1) is 16.6. The molecule has 6 rings (SSSR count). The summed E-state index contributed by atoms with van der Waals surface area (Å²) in [7, 11) is 0. The van der Waals surface area contributed by atoms with Crippen molar-refractivity contribution in [3.8, 4) is 17.2 Å². The lowest BCUT2D eigenvalue weighted by Crippen LogP contribution is -2.62. The van der Waals surface area contributed by atoms with Crippen LogP contribution in [0, 0.1) is 5.41 Å². The summed E-state index contributed by atoms with van der Waals surface area (Å²) in [6.07, 6.45) is 5.61. The van der Waals surface area contributed by atoms with E-state index in [9.17, 15) is 9.90 Å². The molecule has 0 saturated carbocycles. The standard InChI is InChI=1S/C27H27N3O4/c31-22-6-2-1-4-21(22)16-30-17-27(25(30)20-5-3-11-28-15-20)9-12-29(13-10-27)26(32)19-7-8-23-24(14-19)34-18-33-23/h1-8,11,14-15,25,31H,9-10,12-13,16-18H2. The van der Waals surface area contributed by atoms with Gasteiger partial charge in [-0.3, -0.25) is 14.7 Å². The molecule has 3 aromatic rings. The third-order valence-electron chi connectivity index (χ3n) is 7.49. The Morgan fingerprint density at radius 2 is 1.88 bits per heavy atom. The largest absolute Gasteiger partial charge is 0.508 e. The number of rotatable bonds is 4. The number of hydrogen-bond donors (Lipinski definition) is 1. The van der Waals surface area contributed by atoms with Crippen molar-refractivity contribution in [1.82, 2.24) is 14.8 Å². The van der Waals surface area contributed by atoms with Gasteiger partial charge in [-0.05, 0) is 48.7 Å². The van der Waals surface area contributed by atoms with Crippen LogP contribution in [-0.2, 0) is 6.54 Å². The molecule has 0 bridgehead atoms. The lowest BCUT2D eigenvalue weighted by molar-refractivity contribution is -0.113. The van der Waals surface area contributed by atoms with E-state index >= 15 is 0 Å². The van der Waals surface area contributed by atoms with Crippen LogP contribution in [0.15, 0.2) is 67.0 Å². The fourth-order valence-corrected chi connectivity index (χ4v) is 5.77. The van der Waals surface area contributed by atoms with E-state index in [1.165, 1.54) is 5.56 Å². The third-order valence-corrected chi connectivity index (χ3v) is 7.49. The molecule has 1 atom stereocenters. The summed E-state index contributed by atoms with van der Waals surface area (Å²) in [5, 5.41) is 10.3. The summed E-state index contributed by atoms with van der Waals surface area (Å²) in [6, 6.07) is 17.3. The number of carbonyl (C=O) groups is 1. The van der Waals surface area contributed by atoms with Crippen LogP contribution in [0.4, 0.5) is 0 Å². The van der Waals surface area contributed by atoms with Crippen molar-refractivity contribution in [3.63, 3.8) is 0 Å². The van der Waals surface area contributed by atoms with Gasteiger partial charge in [0.2, 0.25) is 6.79 Å². The first-order valence-corrected chi connectivity index (χ1v) is 11.7. The van der Waals surface area contributed by atoms with Crippen LogP contribution in [0.2, 0.25) is 0 Å². The molecule has 7 heteroatoms. The minimum Gasteiger partial charge on any atom is -0.508 e. The molecule has 1 amide bonds. The number of carbonyl (C=O) groups excluding carboxylic acids is 1. The summed E-state index contributed by atoms with van der Waals surface area (Å²) in [5.74, 6) is 1.69. The maximum atomic E-state index is 13.2. The Bertz CT molecular complexity index is 1210. The third kappa shape index (κ3) is 3.56. The molecule has 3 aliphatic rings. The molecule has 1 unspecified atom stereocenters. The van der Waals surface area contributed by atoms with Gasteiger partial charge in [0.25, 0.3) is 5.91 Å². The molecular formula is C27H27N3O4. The average Bonchev–Trinajstić information content (AvgIpc) is 3.33. The van der Waals surface area contributed by atoms with Crippen molar-refractivity contribution in [2.75, 3.05) is 26.4 Å². The molecule has 2 fully saturated rings. The first kappa shape index (κ1) is 21.0. The van der Waals surface area contributed by atoms with Gasteiger partial charge in [0.1, 0.15) is 5.75 Å². The van der Waals surface area contributed by atoms with Crippen molar-refractivity contribution in [1.29, 1.82) is 0 Å². The Kier molecular flexibility index (Phi) is 5.14. The van der Waals surface area contributed by atoms with E-state index in [0.717, 1.165) is 24.9 Å². The SMILES string of the molecule is O=C(c1ccc2c(c1)OCO2)N1CCC2(CC1)CN(Cc1ccccc1O)C2c1cccnc1. The summed E-state index contributed by atoms with van der Waals surface area (Å²) in [4.78, 5) is 21.9. The molecule has 3 aliphatic heterocycles. The van der Waals surface area contributed by atoms with Crippen LogP contribution in [0.1, 0.15) is 40.4 Å². The normalized spacial score (nSPS) is 20.8. The minimum absolute atomic E-state index is 0.0384. The van der Waals surface area contributed by atoms with Crippen LogP contribution in [0.25, 0.3) is 0 Å². The number of piperidine rings is 1. The first-order valence-electron chi connectivity index (χ1n) is 11.7. The summed E-state index contributed by atoms with van der Waals surface area (Å²) in [6.45, 7) is 3.26. The van der Waals surface area contributed by atoms with E-state index in [0.29, 0.717) is 42.4 Å². The van der Waals surface area contributed by atoms with Crippen molar-refractivity contribution in [2.45, 2.75) is 25.4 Å². The lowest BCUT2D eigenvalue weighted by atomic mass is 9.63. The number of para-hydroxylation sites is 1. The van der Waals surface area contributed by atoms with Crippen LogP contribution in [-0.4, -0.2) is 52.2 Å². The highest BCUT2D eigenvalue weighted by molar-refractivity contribution is 5.95. The number of fused-ring (bicyclic) bond motifs is 1. The van der Waals surface area contributed by atoms with Crippen LogP contribution < -0.4 is 9.47 Å². The number of ether oxygens (including phenoxy) is 2. The molecule has 0 aliphatic carbocycles. The highest BCUT2D eigenvalue weighted by atomic mass is 16.7. The number of phenols is 1. The number of hydrogen-bond acceptors (Lipinski definition) is 6. The fraction of sp³-hybridized carbons (Fsp3) is 0.333. The van der Waals surface area contributed by atoms with Crippen molar-refractivity contribution >= 4 is 5.91 Å². The van der Waals surface area contributed by atoms with Gasteiger partial charge < -0.3 is 19.5 Å². The van der Waals surface area contributed by atoms with Crippen LogP contribution >= 0.6 is 0 Å². The number of amides is 1. The second-order valence-corrected chi connectivity index (χ2v) is 9.45. The molecule has 2 saturated heterocycles. The van der Waals surface area contributed by atoms with Gasteiger partial charge in [-0.25, -0.2) is 0 Å². The highest BCUT2D eigenvalue weighted by Gasteiger charge is 2.54. The zero-order valence-electron chi connectivity index (χ0n) is 18.9. The van der Waals surface area contributed by atoms with E-state index in [4.69, 9.17) is 9.47 Å². The number of nitrogens with zero attached hydrogens (tertiary/aromatic N) is 3. The molecule has 1 spiro atoms. The lowest BCUT2D eigenvalue weighted by Gasteiger charge is -2.60. The Morgan fingerprint density at radius 3 is 2.68 bits per heavy atom. The van der Waals surface area contributed by atoms with Crippen molar-refractivity contribution < 1.29 is 19.4 Å². The number of likely N-dealkylation sites (tertiary alicyclic amines) is 2. The molecule has 1 aromatic heterocycles. The Morgan fingerprint density at radius 1 is 1.06 bits per heavy atom. The molecule has 4 heterocycles. The predicted octanol–water partition coefficient (Wildman–Crippen LogP) is 4.00. The number of aromatic hydroxyl groups is 1. The highest BCUT2D eigenvalue weighted by Crippen LogP contribution is 2.55. The smallest absolute Gasteiger partial charge is 0.253 e. The monoisotopic (exact) mass is 457 g/mol. The molecule has 7 nitrogen and oxygen atoms in total. The van der Waals surface area contributed by atoms with E-state index in [1.807, 2.05) is 47.5 Å². The fourth-order valence-electron chi connectivity index (χ4n) is 5.77. The van der Waals surface area contributed by atoms with E-state index in [1.54, 1.807) is 18.3 Å². The minimum atomic E-state index is 0.0384. The molecule has 2 aromatic carbocycles. The van der Waals surface area contributed by atoms with Crippen molar-refractivity contribution in [3.05, 3.63) is 83.7 Å². The van der Waals surface area contributed by atoms with Gasteiger partial charge in [-0.2, -0.15) is 0 Å². The Hall–Kier alpha value is -3.58. The van der Waals surface area contributed by atoms with Crippen LogP contribution in [0.5, 0.6) is 17.2 Å². The summed E-state index contributed by atoms with van der Waals surface area (Å²) >= 11 is 0. The second-order valence-electron chi connectivity index (χ2n) is 9.45. The van der Waals surface area contributed by atoms with E-state index in [2.05, 4.69) is 16.0 Å². The summed E-state index contributed by atoms with van der Waals surface area (Å²) in [5.41, 5.74) is 2.86. The molecular weight excluding hydrogens is 430 g/mol. The number of phenolic OH excluding ortho intramolecular Hbond substituents is 1. The van der Waals surface area contributed by atoms with Gasteiger partial charge in [-0.1, -0.05) is 24.3 Å². The second kappa shape index (κ2) is 8.33. The van der Waals surface area contributed by atoms with Crippen LogP contribution in [0.3, 0.4) is 0 Å². The Labute approximate surface area is 198 Å². The number of pyridine rings is 1. The van der Waals surface area contributed by atoms with E-state index in [-0.39, 0.29) is 24.2 Å². The molecule has 0 radical (unpaired) electrons. The van der Waals surface area contributed by atoms with Gasteiger partial charge in [-0.15, -0.1) is 0 Å². The Balaban J connectivity index is 1.19. The number of benzene rings is 2. The van der Waals surface area contributed by atoms with E-state index < -0.39 is 0 Å². The zero-order valence-corrected chi connectivity index (χ0v) is 18.9. The van der Waals surface area contributed by atoms with Gasteiger partial charge in [0, 0.05) is 61.2 Å². The molecule has 1 N–H and O–H groups in total. The van der Waals surface area contributed by atoms with Gasteiger partial charge >= 0.3 is 0 Å². The van der Waals surface area contributed by atoms with Crippen molar-refractivity contribution in [2.24, 2.45) is 5.41 Å². The zero-order chi connectivity index (χ0) is 23.1. The molecule has 174 valence electrons. The quantitative estimate of drug-likeness (QED) is 0.639. The predicted molar refractivity (Wildman–Crippen MR) is 126 cm³/mol. The van der Waals surface area contributed by atoms with Gasteiger partial charge in [0.15, 0.2) is 11.5 Å². The maximum Gasteiger partial charge on any atom is 0.253 e. The maximum absolute atomic E-state index is 13.2. The summed E-state index contributed by atoms with van der Waals surface area (Å²) < 4.78 is 10.8. The molecule has 34 heavy (non-hydrogen) atoms. The topological polar surface area (TPSA) is 75.1 Å². The number of aromatic nitrogens is 1. The average molecular weight is 458 g/mol. The van der Waals surface area contributed by atoms with Gasteiger partial charge in [0.05, 0.1) is 0 Å².